The lowest BCUT2D eigenvalue weighted by atomic mass is 9.95. The number of para-hydroxylation sites is 1. The van der Waals surface area contributed by atoms with Crippen LogP contribution in [0.3, 0.4) is 0 Å². The fourth-order valence-electron chi connectivity index (χ4n) is 4.53. The summed E-state index contributed by atoms with van der Waals surface area (Å²) in [6.07, 6.45) is 1.11. The summed E-state index contributed by atoms with van der Waals surface area (Å²) in [4.78, 5) is 14.8. The maximum atomic E-state index is 13.9. The molecule has 1 aliphatic heterocycles. The highest BCUT2D eigenvalue weighted by Crippen LogP contribution is 2.32. The van der Waals surface area contributed by atoms with E-state index in [0.29, 0.717) is 31.7 Å². The number of rotatable bonds is 4. The summed E-state index contributed by atoms with van der Waals surface area (Å²) in [7, 11) is 0. The third-order valence-corrected chi connectivity index (χ3v) is 6.34. The molecule has 0 unspecified atom stereocenters. The molecule has 34 heavy (non-hydrogen) atoms. The summed E-state index contributed by atoms with van der Waals surface area (Å²) >= 11 is 0. The van der Waals surface area contributed by atoms with Crippen LogP contribution in [0, 0.1) is 31.4 Å². The first-order valence-corrected chi connectivity index (χ1v) is 11.2. The number of benzene rings is 2. The summed E-state index contributed by atoms with van der Waals surface area (Å²) in [5.41, 5.74) is 3.40. The number of piperidine rings is 1. The Labute approximate surface area is 195 Å². The van der Waals surface area contributed by atoms with Crippen molar-refractivity contribution in [1.82, 2.24) is 20.0 Å². The zero-order chi connectivity index (χ0) is 23.8. The Kier molecular flexibility index (Phi) is 5.69. The van der Waals surface area contributed by atoms with Crippen LogP contribution in [0.2, 0.25) is 0 Å². The molecule has 0 spiro atoms. The van der Waals surface area contributed by atoms with E-state index < -0.39 is 11.6 Å². The van der Waals surface area contributed by atoms with Crippen molar-refractivity contribution in [3.63, 3.8) is 0 Å². The van der Waals surface area contributed by atoms with Gasteiger partial charge in [0.15, 0.2) is 5.82 Å². The van der Waals surface area contributed by atoms with Crippen molar-refractivity contribution in [2.75, 3.05) is 23.3 Å². The topological polar surface area (TPSA) is 75.9 Å². The average Bonchev–Trinajstić information content (AvgIpc) is 3.20. The van der Waals surface area contributed by atoms with E-state index in [-0.39, 0.29) is 17.5 Å². The number of fused-ring (bicyclic) bond motifs is 1. The minimum atomic E-state index is -0.658. The molecule has 2 aromatic heterocycles. The van der Waals surface area contributed by atoms with Crippen molar-refractivity contribution in [1.29, 1.82) is 0 Å². The maximum absolute atomic E-state index is 13.9. The van der Waals surface area contributed by atoms with Gasteiger partial charge in [-0.1, -0.05) is 18.2 Å². The number of hydrogen-bond donors (Lipinski definition) is 1. The van der Waals surface area contributed by atoms with E-state index in [1.54, 1.807) is 0 Å². The third-order valence-electron chi connectivity index (χ3n) is 6.34. The van der Waals surface area contributed by atoms with Crippen LogP contribution < -0.4 is 10.2 Å². The van der Waals surface area contributed by atoms with Crippen molar-refractivity contribution in [3.8, 4) is 5.69 Å². The van der Waals surface area contributed by atoms with Gasteiger partial charge in [-0.2, -0.15) is 10.2 Å². The molecule has 0 radical (unpaired) electrons. The van der Waals surface area contributed by atoms with Gasteiger partial charge >= 0.3 is 0 Å². The molecule has 0 bridgehead atoms. The molecule has 1 amide bonds. The summed E-state index contributed by atoms with van der Waals surface area (Å²) in [6, 6.07) is 12.9. The lowest BCUT2D eigenvalue weighted by Gasteiger charge is -2.32. The molecule has 0 atom stereocenters. The average molecular weight is 463 g/mol. The summed E-state index contributed by atoms with van der Waals surface area (Å²) in [5.74, 6) is -1.19. The lowest BCUT2D eigenvalue weighted by molar-refractivity contribution is -0.120. The third kappa shape index (κ3) is 3.98. The molecule has 2 aromatic carbocycles. The van der Waals surface area contributed by atoms with E-state index in [9.17, 15) is 13.6 Å². The maximum Gasteiger partial charge on any atom is 0.227 e. The number of hydrogen-bond acceptors (Lipinski definition) is 5. The van der Waals surface area contributed by atoms with Crippen LogP contribution in [-0.2, 0) is 4.79 Å². The number of aromatic nitrogens is 4. The van der Waals surface area contributed by atoms with Crippen LogP contribution >= 0.6 is 0 Å². The fourth-order valence-corrected chi connectivity index (χ4v) is 4.53. The molecule has 0 saturated carbocycles. The minimum Gasteiger partial charge on any atom is -0.353 e. The quantitative estimate of drug-likeness (QED) is 0.481. The zero-order valence-corrected chi connectivity index (χ0v) is 18.9. The summed E-state index contributed by atoms with van der Waals surface area (Å²) in [5, 5.41) is 17.2. The SMILES string of the molecule is Cc1nnc(N2CCC(C(=O)Nc3cc(F)ccc3F)CC2)c2nn(-c3ccccc3)c(C)c12. The standard InChI is InChI=1S/C25H24F2N6O/c1-15-22-16(2)33(19-6-4-3-5-7-19)31-23(22)24(30-29-15)32-12-10-17(11-13-32)25(34)28-21-14-18(26)8-9-20(21)27/h3-9,14,17H,10-13H2,1-2H3,(H,28,34). The van der Waals surface area contributed by atoms with Crippen molar-refractivity contribution in [2.45, 2.75) is 26.7 Å². The molecule has 0 aliphatic carbocycles. The second kappa shape index (κ2) is 8.81. The molecule has 4 aromatic rings. The smallest absolute Gasteiger partial charge is 0.227 e. The van der Waals surface area contributed by atoms with E-state index >= 15 is 0 Å². The van der Waals surface area contributed by atoms with Crippen LogP contribution in [0.15, 0.2) is 48.5 Å². The molecule has 1 fully saturated rings. The second-order valence-corrected chi connectivity index (χ2v) is 8.54. The predicted octanol–water partition coefficient (Wildman–Crippen LogP) is 4.57. The second-order valence-electron chi connectivity index (χ2n) is 8.54. The van der Waals surface area contributed by atoms with Gasteiger partial charge in [0.1, 0.15) is 17.2 Å². The molecule has 1 aliphatic rings. The zero-order valence-electron chi connectivity index (χ0n) is 18.9. The Bertz CT molecular complexity index is 1360. The minimum absolute atomic E-state index is 0.138. The molecule has 5 rings (SSSR count). The van der Waals surface area contributed by atoms with Gasteiger partial charge in [0.05, 0.1) is 28.1 Å². The molecule has 3 heterocycles. The van der Waals surface area contributed by atoms with E-state index in [1.807, 2.05) is 48.9 Å². The number of amides is 1. The first kappa shape index (κ1) is 21.9. The van der Waals surface area contributed by atoms with Crippen LogP contribution in [-0.4, -0.2) is 39.0 Å². The Morgan fingerprint density at radius 1 is 1.03 bits per heavy atom. The fraction of sp³-hybridized carbons (Fsp3) is 0.280. The van der Waals surface area contributed by atoms with Gasteiger partial charge in [-0.05, 0) is 51.0 Å². The molecule has 174 valence electrons. The monoisotopic (exact) mass is 462 g/mol. The Balaban J connectivity index is 1.36. The van der Waals surface area contributed by atoms with Crippen molar-refractivity contribution in [3.05, 3.63) is 71.6 Å². The van der Waals surface area contributed by atoms with Crippen molar-refractivity contribution in [2.24, 2.45) is 5.92 Å². The van der Waals surface area contributed by atoms with E-state index in [0.717, 1.165) is 46.2 Å². The molecule has 7 nitrogen and oxygen atoms in total. The van der Waals surface area contributed by atoms with Crippen molar-refractivity contribution < 1.29 is 13.6 Å². The Morgan fingerprint density at radius 3 is 2.50 bits per heavy atom. The molecular formula is C25H24F2N6O. The van der Waals surface area contributed by atoms with E-state index in [4.69, 9.17) is 5.10 Å². The number of halogens is 2. The van der Waals surface area contributed by atoms with E-state index in [1.165, 1.54) is 0 Å². The largest absolute Gasteiger partial charge is 0.353 e. The number of carbonyl (C=O) groups excluding carboxylic acids is 1. The number of nitrogens with one attached hydrogen (secondary N) is 1. The first-order chi connectivity index (χ1) is 16.4. The van der Waals surface area contributed by atoms with Gasteiger partial charge in [0, 0.05) is 25.1 Å². The number of aryl methyl sites for hydroxylation is 2. The van der Waals surface area contributed by atoms with Gasteiger partial charge in [0.2, 0.25) is 5.91 Å². The first-order valence-electron chi connectivity index (χ1n) is 11.2. The van der Waals surface area contributed by atoms with Gasteiger partial charge in [-0.3, -0.25) is 4.79 Å². The van der Waals surface area contributed by atoms with Gasteiger partial charge in [-0.15, -0.1) is 5.10 Å². The Hall–Kier alpha value is -3.88. The molecular weight excluding hydrogens is 438 g/mol. The normalized spacial score (nSPS) is 14.5. The van der Waals surface area contributed by atoms with Gasteiger partial charge < -0.3 is 10.2 Å². The Morgan fingerprint density at radius 2 is 1.76 bits per heavy atom. The van der Waals surface area contributed by atoms with Crippen LogP contribution in [0.25, 0.3) is 16.6 Å². The van der Waals surface area contributed by atoms with Crippen LogP contribution in [0.4, 0.5) is 20.3 Å². The van der Waals surface area contributed by atoms with Crippen LogP contribution in [0.5, 0.6) is 0 Å². The summed E-state index contributed by atoms with van der Waals surface area (Å²) in [6.45, 7) is 5.09. The molecule has 1 N–H and O–H groups in total. The lowest BCUT2D eigenvalue weighted by Crippen LogP contribution is -2.39. The number of carbonyl (C=O) groups is 1. The van der Waals surface area contributed by atoms with Crippen LogP contribution in [0.1, 0.15) is 24.2 Å². The predicted molar refractivity (Wildman–Crippen MR) is 126 cm³/mol. The number of anilines is 2. The van der Waals surface area contributed by atoms with Gasteiger partial charge in [0.25, 0.3) is 0 Å². The highest BCUT2D eigenvalue weighted by Gasteiger charge is 2.29. The summed E-state index contributed by atoms with van der Waals surface area (Å²) < 4.78 is 29.2. The molecule has 9 heteroatoms. The molecule has 1 saturated heterocycles. The highest BCUT2D eigenvalue weighted by molar-refractivity contribution is 5.94. The number of nitrogens with zero attached hydrogens (tertiary/aromatic N) is 5. The van der Waals surface area contributed by atoms with Crippen molar-refractivity contribution >= 4 is 28.3 Å². The van der Waals surface area contributed by atoms with Gasteiger partial charge in [-0.25, -0.2) is 13.5 Å². The highest BCUT2D eigenvalue weighted by atomic mass is 19.1. The van der Waals surface area contributed by atoms with E-state index in [2.05, 4.69) is 20.4 Å².